The molecule has 2 N–H and O–H groups in total. The lowest BCUT2D eigenvalue weighted by Gasteiger charge is -2.07. The first-order chi connectivity index (χ1) is 21.2. The van der Waals surface area contributed by atoms with E-state index in [1.807, 2.05) is 0 Å². The second kappa shape index (κ2) is 23.9. The van der Waals surface area contributed by atoms with Gasteiger partial charge in [-0.3, -0.25) is 0 Å². The molecule has 2 rings (SSSR count). The van der Waals surface area contributed by atoms with Crippen molar-refractivity contribution in [1.29, 1.82) is 0 Å². The van der Waals surface area contributed by atoms with Crippen molar-refractivity contribution in [3.8, 4) is 0 Å². The van der Waals surface area contributed by atoms with Gasteiger partial charge >= 0.3 is 11.0 Å². The van der Waals surface area contributed by atoms with E-state index in [2.05, 4.69) is 85.9 Å². The predicted molar refractivity (Wildman–Crippen MR) is 168 cm³/mol. The number of hydrogen-bond acceptors (Lipinski definition) is 4. The van der Waals surface area contributed by atoms with Gasteiger partial charge in [0.15, 0.2) is 44.8 Å². The average Bonchev–Trinajstić information content (AvgIpc) is 2.93. The van der Waals surface area contributed by atoms with Gasteiger partial charge in [0.1, 0.15) is 13.1 Å². The van der Waals surface area contributed by atoms with E-state index < -0.39 is 31.1 Å². The summed E-state index contributed by atoms with van der Waals surface area (Å²) in [6, 6.07) is 8.71. The third-order valence-corrected chi connectivity index (χ3v) is 7.48. The Morgan fingerprint density at radius 2 is 0.739 bits per heavy atom. The lowest BCUT2D eigenvalue weighted by atomic mass is 10.1. The number of halogens is 6. The van der Waals surface area contributed by atoms with E-state index in [1.165, 1.54) is 101 Å². The number of nitrogens with one attached hydrogen (secondary N) is 2. The van der Waals surface area contributed by atoms with E-state index in [1.54, 1.807) is 0 Å². The highest BCUT2D eigenvalue weighted by Gasteiger charge is 2.37. The average molecular weight is 709 g/mol. The first-order valence-corrected chi connectivity index (χ1v) is 18.2. The number of aromatic nitrogens is 2. The first-order valence-electron chi connectivity index (χ1n) is 15.2. The maximum atomic E-state index is 10.8. The summed E-state index contributed by atoms with van der Waals surface area (Å²) in [5.74, 6) is 0. The van der Waals surface area contributed by atoms with Crippen LogP contribution in [0.4, 0.5) is 26.3 Å². The Morgan fingerprint density at radius 3 is 0.957 bits per heavy atom. The minimum absolute atomic E-state index is 1.17. The number of unbranched alkanes of at least 4 members (excludes halogenated alkanes) is 10. The third kappa shape index (κ3) is 25.8. The first kappa shape index (κ1) is 45.8. The maximum Gasteiger partial charge on any atom is 0.479 e. The summed E-state index contributed by atoms with van der Waals surface area (Å²) in [6.07, 6.45) is 25.2. The molecule has 0 aliphatic carbocycles. The summed E-state index contributed by atoms with van der Waals surface area (Å²) >= 11 is 0. The zero-order chi connectivity index (χ0) is 35.9. The second-order valence-corrected chi connectivity index (χ2v) is 13.6. The molecule has 16 heteroatoms. The fraction of sp³-hybridized carbons (Fsp3) is 0.667. The quantitative estimate of drug-likeness (QED) is 0.110. The second-order valence-electron chi connectivity index (χ2n) is 10.7. The van der Waals surface area contributed by atoms with Crippen LogP contribution < -0.4 is 9.13 Å². The van der Waals surface area contributed by atoms with Crippen LogP contribution in [0.3, 0.4) is 0 Å². The molecule has 0 fully saturated rings. The summed E-state index contributed by atoms with van der Waals surface area (Å²) in [4.78, 5) is 0. The molecule has 2 heterocycles. The molecule has 2 aromatic rings. The summed E-state index contributed by atoms with van der Waals surface area (Å²) < 4.78 is 106. The number of aryl methyl sites for hydroxylation is 4. The Hall–Kier alpha value is -2.30. The molecule has 268 valence electrons. The smallest absolute Gasteiger partial charge is 0.479 e. The molecule has 8 nitrogen and oxygen atoms in total. The lowest BCUT2D eigenvalue weighted by molar-refractivity contribution is -0.697. The van der Waals surface area contributed by atoms with E-state index in [9.17, 15) is 43.2 Å². The summed E-state index contributed by atoms with van der Waals surface area (Å²) in [5, 5.41) is 10.9. The van der Waals surface area contributed by atoms with Crippen LogP contribution in [0.15, 0.2) is 49.1 Å². The van der Waals surface area contributed by atoms with Gasteiger partial charge in [-0.05, 0) is 37.8 Å². The van der Waals surface area contributed by atoms with Crippen molar-refractivity contribution in [2.75, 3.05) is 0 Å². The fourth-order valence-corrected chi connectivity index (χ4v) is 3.51. The van der Waals surface area contributed by atoms with Gasteiger partial charge in [-0.25, -0.2) is 26.0 Å². The fourth-order valence-electron chi connectivity index (χ4n) is 3.51. The number of nitrogens with zero attached hydrogens (tertiary/aromatic N) is 2. The molecule has 0 aliphatic heterocycles. The maximum absolute atomic E-state index is 10.8. The molecule has 0 saturated heterocycles. The normalized spacial score (nSPS) is 11.7. The number of pyridine rings is 2. The largest absolute Gasteiger partial charge is 0.556 e. The highest BCUT2D eigenvalue weighted by Crippen LogP contribution is 2.23. The zero-order valence-corrected chi connectivity index (χ0v) is 28.8. The molecule has 46 heavy (non-hydrogen) atoms. The van der Waals surface area contributed by atoms with Crippen LogP contribution in [0.5, 0.6) is 0 Å². The molecule has 0 saturated carbocycles. The molecule has 2 aromatic heterocycles. The van der Waals surface area contributed by atoms with E-state index in [0.717, 1.165) is 0 Å². The third-order valence-electron chi connectivity index (χ3n) is 6.26. The van der Waals surface area contributed by atoms with E-state index in [0.29, 0.717) is 0 Å². The van der Waals surface area contributed by atoms with E-state index in [-0.39, 0.29) is 0 Å². The Labute approximate surface area is 271 Å². The topological polar surface area (TPSA) is 124 Å². The SMILES string of the molecule is CCCCCCCC[n+]1ccc(C)cc1.CCCCCCCC[n+]1ccc(C)cc1.[NH-]S(=O)(=O)C(F)(F)F.[NH-]S(=O)(=O)C(F)(F)F. The standard InChI is InChI=1S/2C14H24N.2CHF3NO2S/c2*1-3-4-5-6-7-8-11-15-12-9-14(2)10-13-15;2*2-1(3,4)8(5,6)7/h2*9-10,12-13H,3-8,11H2,1-2H3;2*(H-,5,6,7)/q2*+1;2*-1. The Kier molecular flexibility index (Phi) is 23.8. The molecule has 0 radical (unpaired) electrons. The van der Waals surface area contributed by atoms with Crippen molar-refractivity contribution in [1.82, 2.24) is 0 Å². The van der Waals surface area contributed by atoms with Crippen molar-refractivity contribution in [3.63, 3.8) is 0 Å². The van der Waals surface area contributed by atoms with Crippen molar-refractivity contribution in [2.45, 2.75) is 129 Å². The Morgan fingerprint density at radius 1 is 0.522 bits per heavy atom. The van der Waals surface area contributed by atoms with Gasteiger partial charge < -0.3 is 10.3 Å². The van der Waals surface area contributed by atoms with Gasteiger partial charge in [0.25, 0.3) is 0 Å². The molecule has 0 spiro atoms. The summed E-state index contributed by atoms with van der Waals surface area (Å²) in [6.45, 7) is 11.1. The van der Waals surface area contributed by atoms with Crippen LogP contribution >= 0.6 is 0 Å². The predicted octanol–water partition coefficient (Wildman–Crippen LogP) is 9.06. The Bertz CT molecular complexity index is 1160. The summed E-state index contributed by atoms with van der Waals surface area (Å²) in [5.41, 5.74) is -8.16. The minimum Gasteiger partial charge on any atom is -0.556 e. The van der Waals surface area contributed by atoms with Gasteiger partial charge in [0.2, 0.25) is 0 Å². The lowest BCUT2D eigenvalue weighted by Crippen LogP contribution is -2.32. The van der Waals surface area contributed by atoms with Crippen LogP contribution in [-0.4, -0.2) is 27.9 Å². The molecule has 0 aromatic carbocycles. The molecule has 0 amide bonds. The Balaban J connectivity index is 0. The number of hydrogen-bond donors (Lipinski definition) is 0. The van der Waals surface area contributed by atoms with Crippen molar-refractivity contribution in [3.05, 3.63) is 70.5 Å². The monoisotopic (exact) mass is 708 g/mol. The molecule has 0 unspecified atom stereocenters. The van der Waals surface area contributed by atoms with Crippen LogP contribution in [0, 0.1) is 13.8 Å². The number of alkyl halides is 6. The molecule has 0 aliphatic rings. The zero-order valence-electron chi connectivity index (χ0n) is 27.1. The van der Waals surface area contributed by atoms with E-state index >= 15 is 0 Å². The van der Waals surface area contributed by atoms with E-state index in [4.69, 9.17) is 10.3 Å². The van der Waals surface area contributed by atoms with Gasteiger partial charge in [0.05, 0.1) is 0 Å². The van der Waals surface area contributed by atoms with Gasteiger partial charge in [-0.1, -0.05) is 65.2 Å². The number of sulfonamides is 2. The van der Waals surface area contributed by atoms with Crippen molar-refractivity contribution in [2.24, 2.45) is 0 Å². The number of rotatable bonds is 14. The minimum atomic E-state index is -5.59. The molecule has 0 atom stereocenters. The van der Waals surface area contributed by atoms with Gasteiger partial charge in [-0.2, -0.15) is 26.3 Å². The van der Waals surface area contributed by atoms with Crippen LogP contribution in [-0.2, 0) is 33.1 Å². The van der Waals surface area contributed by atoms with Gasteiger partial charge in [0, 0.05) is 37.1 Å². The summed E-state index contributed by atoms with van der Waals surface area (Å²) in [7, 11) is -11.2. The van der Waals surface area contributed by atoms with Crippen molar-refractivity contribution < 1.29 is 52.3 Å². The molecular weight excluding hydrogens is 658 g/mol. The van der Waals surface area contributed by atoms with Gasteiger partial charge in [-0.15, -0.1) is 0 Å². The highest BCUT2D eigenvalue weighted by molar-refractivity contribution is 7.94. The molecule has 0 bridgehead atoms. The van der Waals surface area contributed by atoms with Crippen LogP contribution in [0.1, 0.15) is 102 Å². The molecular formula is C30H50F6N4O4S2. The van der Waals surface area contributed by atoms with Crippen molar-refractivity contribution >= 4 is 20.0 Å². The van der Waals surface area contributed by atoms with Crippen LogP contribution in [0.2, 0.25) is 0 Å². The van der Waals surface area contributed by atoms with Crippen LogP contribution in [0.25, 0.3) is 10.3 Å². The highest BCUT2D eigenvalue weighted by atomic mass is 32.2.